The number of nitrogens with one attached hydrogen (secondary N) is 2. The van der Waals surface area contributed by atoms with E-state index >= 15 is 0 Å². The van der Waals surface area contributed by atoms with Crippen molar-refractivity contribution < 1.29 is 18.4 Å². The molecule has 6 nitrogen and oxygen atoms in total. The van der Waals surface area contributed by atoms with Gasteiger partial charge in [-0.3, -0.25) is 14.3 Å². The summed E-state index contributed by atoms with van der Waals surface area (Å²) in [6.07, 6.45) is 1.45. The number of carbonyl (C=O) groups is 2. The number of hydrogen-bond donors (Lipinski definition) is 2. The number of rotatable bonds is 6. The molecule has 0 aliphatic rings. The minimum absolute atomic E-state index is 0.0128. The van der Waals surface area contributed by atoms with Crippen LogP contribution in [0, 0.1) is 11.6 Å². The summed E-state index contributed by atoms with van der Waals surface area (Å²) >= 11 is 0. The van der Waals surface area contributed by atoms with Gasteiger partial charge in [0.25, 0.3) is 11.8 Å². The summed E-state index contributed by atoms with van der Waals surface area (Å²) in [5, 5.41) is 9.41. The minimum Gasteiger partial charge on any atom is -0.348 e. The predicted octanol–water partition coefficient (Wildman–Crippen LogP) is 2.56. The van der Waals surface area contributed by atoms with Gasteiger partial charge in [0.1, 0.15) is 11.6 Å². The van der Waals surface area contributed by atoms with Crippen LogP contribution >= 0.6 is 0 Å². The van der Waals surface area contributed by atoms with Gasteiger partial charge >= 0.3 is 0 Å². The third-order valence-corrected chi connectivity index (χ3v) is 4.02. The number of halogens is 2. The van der Waals surface area contributed by atoms with E-state index in [1.165, 1.54) is 35.1 Å². The average Bonchev–Trinajstić information content (AvgIpc) is 3.08. The zero-order valence-corrected chi connectivity index (χ0v) is 15.1. The smallest absolute Gasteiger partial charge is 0.272 e. The van der Waals surface area contributed by atoms with Gasteiger partial charge in [-0.25, -0.2) is 8.78 Å². The van der Waals surface area contributed by atoms with Crippen LogP contribution in [0.1, 0.15) is 32.0 Å². The lowest BCUT2D eigenvalue weighted by Crippen LogP contribution is -2.28. The molecule has 8 heteroatoms. The molecule has 3 rings (SSSR count). The first kappa shape index (κ1) is 19.2. The summed E-state index contributed by atoms with van der Waals surface area (Å²) in [5.41, 5.74) is 1.55. The van der Waals surface area contributed by atoms with Crippen LogP contribution < -0.4 is 10.6 Å². The van der Waals surface area contributed by atoms with Crippen LogP contribution in [0.2, 0.25) is 0 Å². The Hall–Kier alpha value is -3.55. The highest BCUT2D eigenvalue weighted by Crippen LogP contribution is 2.09. The van der Waals surface area contributed by atoms with Gasteiger partial charge in [0, 0.05) is 26.3 Å². The molecule has 1 aromatic heterocycles. The molecule has 144 valence electrons. The highest BCUT2D eigenvalue weighted by atomic mass is 19.1. The molecule has 3 aromatic rings. The first-order valence-corrected chi connectivity index (χ1v) is 8.51. The molecule has 0 saturated carbocycles. The number of hydrogen-bond acceptors (Lipinski definition) is 3. The van der Waals surface area contributed by atoms with Crippen molar-refractivity contribution in [3.8, 4) is 0 Å². The monoisotopic (exact) mass is 384 g/mol. The second-order valence-electron chi connectivity index (χ2n) is 6.18. The maximum atomic E-state index is 12.9. The van der Waals surface area contributed by atoms with E-state index in [4.69, 9.17) is 0 Å². The second-order valence-corrected chi connectivity index (χ2v) is 6.18. The van der Waals surface area contributed by atoms with Crippen molar-refractivity contribution in [1.29, 1.82) is 0 Å². The maximum absolute atomic E-state index is 12.9. The van der Waals surface area contributed by atoms with E-state index < -0.39 is 11.8 Å². The topological polar surface area (TPSA) is 76.0 Å². The molecule has 0 saturated heterocycles. The summed E-state index contributed by atoms with van der Waals surface area (Å²) < 4.78 is 27.3. The fourth-order valence-corrected chi connectivity index (χ4v) is 2.57. The van der Waals surface area contributed by atoms with Crippen molar-refractivity contribution in [2.75, 3.05) is 0 Å². The molecule has 0 aliphatic heterocycles. The van der Waals surface area contributed by atoms with Gasteiger partial charge in [-0.1, -0.05) is 24.3 Å². The maximum Gasteiger partial charge on any atom is 0.272 e. The van der Waals surface area contributed by atoms with E-state index in [-0.39, 0.29) is 36.0 Å². The number of nitrogens with zero attached hydrogens (tertiary/aromatic N) is 2. The Kier molecular flexibility index (Phi) is 5.78. The standard InChI is InChI=1S/C20H18F2N4O2/c1-26-12-17(19(27)23-10-13-2-6-15(21)7-3-13)18(25-26)20(28)24-11-14-4-8-16(22)9-5-14/h2-9,12H,10-11H2,1H3,(H,23,27)(H,24,28). The summed E-state index contributed by atoms with van der Waals surface area (Å²) in [6.45, 7) is 0.358. The largest absolute Gasteiger partial charge is 0.348 e. The third kappa shape index (κ3) is 4.79. The molecule has 0 atom stereocenters. The molecule has 2 N–H and O–H groups in total. The van der Waals surface area contributed by atoms with Gasteiger partial charge in [-0.15, -0.1) is 0 Å². The van der Waals surface area contributed by atoms with Crippen molar-refractivity contribution >= 4 is 11.8 Å². The summed E-state index contributed by atoms with van der Waals surface area (Å²) in [7, 11) is 1.60. The highest BCUT2D eigenvalue weighted by molar-refractivity contribution is 6.05. The lowest BCUT2D eigenvalue weighted by atomic mass is 10.2. The molecule has 0 spiro atoms. The van der Waals surface area contributed by atoms with E-state index in [1.807, 2.05) is 0 Å². The van der Waals surface area contributed by atoms with Crippen LogP contribution in [0.25, 0.3) is 0 Å². The van der Waals surface area contributed by atoms with Crippen LogP contribution in [0.4, 0.5) is 8.78 Å². The third-order valence-electron chi connectivity index (χ3n) is 4.02. The quantitative estimate of drug-likeness (QED) is 0.686. The lowest BCUT2D eigenvalue weighted by molar-refractivity contribution is 0.0914. The molecule has 1 heterocycles. The lowest BCUT2D eigenvalue weighted by Gasteiger charge is -2.07. The number of carbonyl (C=O) groups excluding carboxylic acids is 2. The Morgan fingerprint density at radius 1 is 0.857 bits per heavy atom. The van der Waals surface area contributed by atoms with Gasteiger partial charge in [0.15, 0.2) is 5.69 Å². The fraction of sp³-hybridized carbons (Fsp3) is 0.150. The van der Waals surface area contributed by atoms with Crippen LogP contribution in [0.3, 0.4) is 0 Å². The van der Waals surface area contributed by atoms with Gasteiger partial charge in [0.2, 0.25) is 0 Å². The Morgan fingerprint density at radius 2 is 1.32 bits per heavy atom. The van der Waals surface area contributed by atoms with E-state index in [1.54, 1.807) is 31.3 Å². The van der Waals surface area contributed by atoms with Crippen molar-refractivity contribution in [1.82, 2.24) is 20.4 Å². The van der Waals surface area contributed by atoms with Gasteiger partial charge in [-0.05, 0) is 35.4 Å². The summed E-state index contributed by atoms with van der Waals surface area (Å²) in [5.74, 6) is -1.71. The zero-order valence-electron chi connectivity index (χ0n) is 15.1. The van der Waals surface area contributed by atoms with Gasteiger partial charge < -0.3 is 10.6 Å². The fourth-order valence-electron chi connectivity index (χ4n) is 2.57. The molecule has 2 aromatic carbocycles. The normalized spacial score (nSPS) is 10.5. The van der Waals surface area contributed by atoms with Crippen LogP contribution in [0.5, 0.6) is 0 Å². The molecular formula is C20H18F2N4O2. The van der Waals surface area contributed by atoms with Crippen molar-refractivity contribution in [2.45, 2.75) is 13.1 Å². The average molecular weight is 384 g/mol. The molecule has 0 radical (unpaired) electrons. The molecule has 28 heavy (non-hydrogen) atoms. The van der Waals surface area contributed by atoms with Gasteiger partial charge in [0.05, 0.1) is 5.56 Å². The Labute approximate surface area is 160 Å². The van der Waals surface area contributed by atoms with E-state index in [2.05, 4.69) is 15.7 Å². The van der Waals surface area contributed by atoms with Crippen molar-refractivity contribution in [3.63, 3.8) is 0 Å². The number of aryl methyl sites for hydroxylation is 1. The Balaban J connectivity index is 1.65. The molecule has 2 amide bonds. The minimum atomic E-state index is -0.517. The second kappa shape index (κ2) is 8.43. The number of benzene rings is 2. The van der Waals surface area contributed by atoms with Gasteiger partial charge in [-0.2, -0.15) is 5.10 Å². The van der Waals surface area contributed by atoms with Crippen LogP contribution in [-0.4, -0.2) is 21.6 Å². The van der Waals surface area contributed by atoms with Crippen LogP contribution in [-0.2, 0) is 20.1 Å². The first-order valence-electron chi connectivity index (χ1n) is 8.51. The summed E-state index contributed by atoms with van der Waals surface area (Å²) in [4.78, 5) is 24.9. The number of amides is 2. The Bertz CT molecular complexity index is 903. The first-order chi connectivity index (χ1) is 13.4. The zero-order chi connectivity index (χ0) is 20.1. The molecule has 0 bridgehead atoms. The van der Waals surface area contributed by atoms with E-state index in [0.717, 1.165) is 5.56 Å². The van der Waals surface area contributed by atoms with E-state index in [9.17, 15) is 18.4 Å². The number of aromatic nitrogens is 2. The van der Waals surface area contributed by atoms with Crippen LogP contribution in [0.15, 0.2) is 54.7 Å². The Morgan fingerprint density at radius 3 is 1.82 bits per heavy atom. The van der Waals surface area contributed by atoms with Crippen molar-refractivity contribution in [2.24, 2.45) is 7.05 Å². The van der Waals surface area contributed by atoms with Crippen molar-refractivity contribution in [3.05, 3.63) is 88.7 Å². The summed E-state index contributed by atoms with van der Waals surface area (Å²) in [6, 6.07) is 11.5. The highest BCUT2D eigenvalue weighted by Gasteiger charge is 2.21. The predicted molar refractivity (Wildman–Crippen MR) is 98.3 cm³/mol. The molecule has 0 unspecified atom stereocenters. The molecular weight excluding hydrogens is 366 g/mol. The molecule has 0 fully saturated rings. The molecule has 0 aliphatic carbocycles. The SMILES string of the molecule is Cn1cc(C(=O)NCc2ccc(F)cc2)c(C(=O)NCc2ccc(F)cc2)n1. The van der Waals surface area contributed by atoms with E-state index in [0.29, 0.717) is 5.56 Å².